The lowest BCUT2D eigenvalue weighted by Crippen LogP contribution is -2.47. The highest BCUT2D eigenvalue weighted by molar-refractivity contribution is 4.87. The monoisotopic (exact) mass is 198 g/mol. The number of hydrogen-bond donors (Lipinski definition) is 0. The van der Waals surface area contributed by atoms with Gasteiger partial charge in [-0.25, -0.2) is 0 Å². The van der Waals surface area contributed by atoms with Crippen molar-refractivity contribution in [3.05, 3.63) is 0 Å². The SMILES string of the molecule is CC(C)C1N(C(C)C)CCN1C(C)C. The molecule has 1 saturated heterocycles. The average molecular weight is 198 g/mol. The van der Waals surface area contributed by atoms with E-state index in [4.69, 9.17) is 0 Å². The van der Waals surface area contributed by atoms with Crippen molar-refractivity contribution in [1.29, 1.82) is 0 Å². The maximum atomic E-state index is 2.63. The van der Waals surface area contributed by atoms with Crippen molar-refractivity contribution in [3.8, 4) is 0 Å². The smallest absolute Gasteiger partial charge is 0.0651 e. The number of nitrogens with zero attached hydrogens (tertiary/aromatic N) is 2. The number of hydrogen-bond acceptors (Lipinski definition) is 2. The van der Waals surface area contributed by atoms with Gasteiger partial charge in [0.05, 0.1) is 6.17 Å². The quantitative estimate of drug-likeness (QED) is 0.687. The molecule has 1 aliphatic rings. The highest BCUT2D eigenvalue weighted by atomic mass is 15.4. The first-order valence-corrected chi connectivity index (χ1v) is 5.96. The highest BCUT2D eigenvalue weighted by Gasteiger charge is 2.36. The van der Waals surface area contributed by atoms with E-state index in [-0.39, 0.29) is 0 Å². The van der Waals surface area contributed by atoms with E-state index in [9.17, 15) is 0 Å². The van der Waals surface area contributed by atoms with E-state index in [1.165, 1.54) is 13.1 Å². The predicted octanol–water partition coefficient (Wildman–Crippen LogP) is 2.40. The largest absolute Gasteiger partial charge is 0.284 e. The fourth-order valence-electron chi connectivity index (χ4n) is 2.58. The normalized spacial score (nSPS) is 22.1. The van der Waals surface area contributed by atoms with Crippen molar-refractivity contribution < 1.29 is 0 Å². The molecule has 1 aliphatic heterocycles. The van der Waals surface area contributed by atoms with Crippen LogP contribution in [0.4, 0.5) is 0 Å². The van der Waals surface area contributed by atoms with Gasteiger partial charge in [-0.1, -0.05) is 13.8 Å². The van der Waals surface area contributed by atoms with Gasteiger partial charge < -0.3 is 0 Å². The first kappa shape index (κ1) is 12.0. The highest BCUT2D eigenvalue weighted by Crippen LogP contribution is 2.25. The van der Waals surface area contributed by atoms with Crippen LogP contribution < -0.4 is 0 Å². The second-order valence-electron chi connectivity index (χ2n) is 5.32. The summed E-state index contributed by atoms with van der Waals surface area (Å²) in [6.07, 6.45) is 0.648. The van der Waals surface area contributed by atoms with Crippen LogP contribution in [0.2, 0.25) is 0 Å². The minimum absolute atomic E-state index is 0.648. The van der Waals surface area contributed by atoms with Crippen LogP contribution in [0.15, 0.2) is 0 Å². The Kier molecular flexibility index (Phi) is 3.96. The van der Waals surface area contributed by atoms with Crippen molar-refractivity contribution in [2.24, 2.45) is 5.92 Å². The summed E-state index contributed by atoms with van der Waals surface area (Å²) in [7, 11) is 0. The van der Waals surface area contributed by atoms with Gasteiger partial charge in [0.25, 0.3) is 0 Å². The van der Waals surface area contributed by atoms with E-state index in [1.807, 2.05) is 0 Å². The van der Waals surface area contributed by atoms with Crippen LogP contribution in [-0.4, -0.2) is 41.1 Å². The molecule has 0 N–H and O–H groups in total. The van der Waals surface area contributed by atoms with Crippen LogP contribution in [0.3, 0.4) is 0 Å². The molecule has 0 spiro atoms. The molecule has 0 aliphatic carbocycles. The first-order chi connectivity index (χ1) is 6.45. The standard InChI is InChI=1S/C12H26N2/c1-9(2)12-13(10(3)4)7-8-14(12)11(5)6/h9-12H,7-8H2,1-6H3. The lowest BCUT2D eigenvalue weighted by Gasteiger charge is -2.37. The summed E-state index contributed by atoms with van der Waals surface area (Å²) in [5.74, 6) is 0.724. The van der Waals surface area contributed by atoms with Crippen LogP contribution in [0.1, 0.15) is 41.5 Å². The molecule has 1 rings (SSSR count). The van der Waals surface area contributed by atoms with Crippen molar-refractivity contribution in [3.63, 3.8) is 0 Å². The molecule has 0 aromatic rings. The molecule has 2 heteroatoms. The zero-order valence-electron chi connectivity index (χ0n) is 10.6. The molecule has 0 aromatic heterocycles. The third-order valence-electron chi connectivity index (χ3n) is 3.22. The summed E-state index contributed by atoms with van der Waals surface area (Å²) >= 11 is 0. The van der Waals surface area contributed by atoms with Gasteiger partial charge in [-0.05, 0) is 33.6 Å². The zero-order valence-corrected chi connectivity index (χ0v) is 10.6. The van der Waals surface area contributed by atoms with Gasteiger partial charge in [-0.15, -0.1) is 0 Å². The molecule has 0 unspecified atom stereocenters. The molecule has 0 atom stereocenters. The first-order valence-electron chi connectivity index (χ1n) is 5.96. The predicted molar refractivity (Wildman–Crippen MR) is 62.3 cm³/mol. The zero-order chi connectivity index (χ0) is 10.9. The summed E-state index contributed by atoms with van der Waals surface area (Å²) < 4.78 is 0. The minimum Gasteiger partial charge on any atom is -0.284 e. The molecule has 0 bridgehead atoms. The van der Waals surface area contributed by atoms with Crippen molar-refractivity contribution in [2.45, 2.75) is 59.8 Å². The fourth-order valence-corrected chi connectivity index (χ4v) is 2.58. The summed E-state index contributed by atoms with van der Waals surface area (Å²) in [5, 5.41) is 0. The average Bonchev–Trinajstić information content (AvgIpc) is 2.46. The lowest BCUT2D eigenvalue weighted by molar-refractivity contribution is 0.0531. The van der Waals surface area contributed by atoms with Gasteiger partial charge in [-0.2, -0.15) is 0 Å². The van der Waals surface area contributed by atoms with Crippen LogP contribution >= 0.6 is 0 Å². The second-order valence-corrected chi connectivity index (χ2v) is 5.32. The Labute approximate surface area is 89.3 Å². The Morgan fingerprint density at radius 3 is 1.36 bits per heavy atom. The van der Waals surface area contributed by atoms with Gasteiger partial charge in [0.15, 0.2) is 0 Å². The fraction of sp³-hybridized carbons (Fsp3) is 1.00. The van der Waals surface area contributed by atoms with Gasteiger partial charge in [0, 0.05) is 25.2 Å². The third-order valence-corrected chi connectivity index (χ3v) is 3.22. The van der Waals surface area contributed by atoms with E-state index < -0.39 is 0 Å². The van der Waals surface area contributed by atoms with Gasteiger partial charge >= 0.3 is 0 Å². The Morgan fingerprint density at radius 1 is 0.786 bits per heavy atom. The van der Waals surface area contributed by atoms with E-state index >= 15 is 0 Å². The van der Waals surface area contributed by atoms with Crippen LogP contribution in [-0.2, 0) is 0 Å². The summed E-state index contributed by atoms with van der Waals surface area (Å²) in [5.41, 5.74) is 0. The van der Waals surface area contributed by atoms with E-state index in [2.05, 4.69) is 51.3 Å². The van der Waals surface area contributed by atoms with Crippen molar-refractivity contribution >= 4 is 0 Å². The topological polar surface area (TPSA) is 6.48 Å². The summed E-state index contributed by atoms with van der Waals surface area (Å²) in [6, 6.07) is 1.34. The molecule has 1 fully saturated rings. The van der Waals surface area contributed by atoms with E-state index in [0.717, 1.165) is 5.92 Å². The summed E-state index contributed by atoms with van der Waals surface area (Å²) in [4.78, 5) is 5.26. The van der Waals surface area contributed by atoms with Crippen molar-refractivity contribution in [2.75, 3.05) is 13.1 Å². The number of rotatable bonds is 3. The van der Waals surface area contributed by atoms with Gasteiger partial charge in [0.1, 0.15) is 0 Å². The molecule has 0 saturated carbocycles. The van der Waals surface area contributed by atoms with Gasteiger partial charge in [0.2, 0.25) is 0 Å². The van der Waals surface area contributed by atoms with E-state index in [0.29, 0.717) is 18.2 Å². The lowest BCUT2D eigenvalue weighted by atomic mass is 10.1. The third kappa shape index (κ3) is 2.29. The summed E-state index contributed by atoms with van der Waals surface area (Å²) in [6.45, 7) is 16.4. The Morgan fingerprint density at radius 2 is 1.14 bits per heavy atom. The molecule has 0 amide bonds. The minimum atomic E-state index is 0.648. The van der Waals surface area contributed by atoms with Crippen molar-refractivity contribution in [1.82, 2.24) is 9.80 Å². The Balaban J connectivity index is 2.74. The molecular formula is C12H26N2. The Hall–Kier alpha value is -0.0800. The van der Waals surface area contributed by atoms with Crippen LogP contribution in [0, 0.1) is 5.92 Å². The second kappa shape index (κ2) is 4.63. The van der Waals surface area contributed by atoms with Crippen LogP contribution in [0.25, 0.3) is 0 Å². The maximum absolute atomic E-state index is 2.63. The van der Waals surface area contributed by atoms with Crippen LogP contribution in [0.5, 0.6) is 0 Å². The molecular weight excluding hydrogens is 172 g/mol. The molecule has 14 heavy (non-hydrogen) atoms. The maximum Gasteiger partial charge on any atom is 0.0651 e. The molecule has 2 nitrogen and oxygen atoms in total. The molecule has 84 valence electrons. The molecule has 0 radical (unpaired) electrons. The van der Waals surface area contributed by atoms with Gasteiger partial charge in [-0.3, -0.25) is 9.80 Å². The molecule has 0 aromatic carbocycles. The molecule has 1 heterocycles. The van der Waals surface area contributed by atoms with E-state index in [1.54, 1.807) is 0 Å². The Bertz CT molecular complexity index is 159.